The number of rotatable bonds is 6. The molecule has 2 saturated carbocycles. The van der Waals surface area contributed by atoms with Gasteiger partial charge in [0.2, 0.25) is 5.91 Å². The molecule has 0 unspecified atom stereocenters. The number of hydrogen-bond donors (Lipinski definition) is 1. The van der Waals surface area contributed by atoms with Crippen molar-refractivity contribution in [2.24, 2.45) is 11.8 Å². The molecule has 0 spiro atoms. The van der Waals surface area contributed by atoms with Crippen LogP contribution in [0, 0.1) is 30.1 Å². The number of nitrogens with one attached hydrogen (secondary N) is 1. The SMILES string of the molecule is Cc1nc([C@H](C)n2cc(C(=O)N[C@H]3C[C@@H](c4cc(Cl)ccc4C#N)C3)nn2)cnc1N1C[C@H]2C[C@H]2C1=O. The normalized spacial score (nSPS) is 24.7. The van der Waals surface area contributed by atoms with Gasteiger partial charge in [-0.1, -0.05) is 16.8 Å². The average Bonchev–Trinajstić information content (AvgIpc) is 3.32. The first kappa shape index (κ1) is 23.6. The van der Waals surface area contributed by atoms with Crippen LogP contribution in [0.5, 0.6) is 0 Å². The maximum atomic E-state index is 12.8. The number of carbonyl (C=O) groups is 2. The highest BCUT2D eigenvalue weighted by molar-refractivity contribution is 6.30. The van der Waals surface area contributed by atoms with Crippen LogP contribution in [0.1, 0.15) is 71.1 Å². The van der Waals surface area contributed by atoms with Gasteiger partial charge in [0.1, 0.15) is 0 Å². The Bertz CT molecular complexity index is 1460. The lowest BCUT2D eigenvalue weighted by molar-refractivity contribution is -0.118. The number of amides is 2. The van der Waals surface area contributed by atoms with Crippen LogP contribution in [0.15, 0.2) is 30.6 Å². The van der Waals surface area contributed by atoms with Gasteiger partial charge in [0.05, 0.1) is 41.5 Å². The van der Waals surface area contributed by atoms with Crippen molar-refractivity contribution >= 4 is 29.2 Å². The Balaban J connectivity index is 1.08. The van der Waals surface area contributed by atoms with Gasteiger partial charge in [-0.05, 0) is 68.7 Å². The molecule has 188 valence electrons. The molecule has 3 atom stereocenters. The van der Waals surface area contributed by atoms with Crippen LogP contribution in [0.4, 0.5) is 5.82 Å². The largest absolute Gasteiger partial charge is 0.348 e. The Labute approximate surface area is 218 Å². The van der Waals surface area contributed by atoms with Crippen LogP contribution < -0.4 is 10.2 Å². The first-order valence-corrected chi connectivity index (χ1v) is 12.8. The molecule has 0 bridgehead atoms. The Kier molecular flexibility index (Phi) is 5.68. The molecule has 1 aromatic carbocycles. The first-order valence-electron chi connectivity index (χ1n) is 12.4. The van der Waals surface area contributed by atoms with Crippen molar-refractivity contribution in [1.29, 1.82) is 5.26 Å². The second kappa shape index (κ2) is 8.92. The fourth-order valence-corrected chi connectivity index (χ4v) is 5.54. The van der Waals surface area contributed by atoms with Crippen molar-refractivity contribution in [2.75, 3.05) is 11.4 Å². The zero-order valence-electron chi connectivity index (χ0n) is 20.4. The number of nitrogens with zero attached hydrogens (tertiary/aromatic N) is 7. The highest BCUT2D eigenvalue weighted by Crippen LogP contribution is 2.47. The zero-order valence-corrected chi connectivity index (χ0v) is 21.2. The van der Waals surface area contributed by atoms with Gasteiger partial charge in [0.15, 0.2) is 11.5 Å². The summed E-state index contributed by atoms with van der Waals surface area (Å²) in [6.45, 7) is 4.48. The van der Waals surface area contributed by atoms with Crippen molar-refractivity contribution in [2.45, 2.75) is 51.1 Å². The van der Waals surface area contributed by atoms with Gasteiger partial charge >= 0.3 is 0 Å². The van der Waals surface area contributed by atoms with Gasteiger partial charge in [0, 0.05) is 23.5 Å². The second-order valence-electron chi connectivity index (χ2n) is 10.2. The lowest BCUT2D eigenvalue weighted by Gasteiger charge is -2.36. The van der Waals surface area contributed by atoms with E-state index in [1.54, 1.807) is 34.1 Å². The number of aryl methyl sites for hydroxylation is 1. The van der Waals surface area contributed by atoms with Crippen LogP contribution >= 0.6 is 11.6 Å². The third kappa shape index (κ3) is 4.23. The fourth-order valence-electron chi connectivity index (χ4n) is 5.35. The number of carbonyl (C=O) groups excluding carboxylic acids is 2. The molecule has 2 amide bonds. The summed E-state index contributed by atoms with van der Waals surface area (Å²) in [6.07, 6.45) is 5.71. The lowest BCUT2D eigenvalue weighted by Crippen LogP contribution is -2.43. The standard InChI is InChI=1S/C26H25ClN8O2/c1-13-24(34-11-17-7-21(17)26(34)37)29-10-22(30-13)14(2)35-12-23(32-33-35)25(36)31-19-5-16(6-19)20-8-18(27)4-3-15(20)9-28/h3-4,8,10,12,14,16-17,19,21H,5-7,11H2,1-2H3,(H,31,36)/t14-,16-,17+,19+,21+/m0/s1. The summed E-state index contributed by atoms with van der Waals surface area (Å²) in [5, 5.41) is 21.2. The predicted octanol–water partition coefficient (Wildman–Crippen LogP) is 3.17. The predicted molar refractivity (Wildman–Crippen MR) is 134 cm³/mol. The smallest absolute Gasteiger partial charge is 0.273 e. The maximum Gasteiger partial charge on any atom is 0.273 e. The van der Waals surface area contributed by atoms with E-state index in [9.17, 15) is 14.9 Å². The number of halogens is 1. The second-order valence-corrected chi connectivity index (χ2v) is 10.6. The Morgan fingerprint density at radius 2 is 2.11 bits per heavy atom. The third-order valence-electron chi connectivity index (χ3n) is 7.73. The quantitative estimate of drug-likeness (QED) is 0.532. The van der Waals surface area contributed by atoms with Crippen molar-refractivity contribution in [3.05, 3.63) is 63.8 Å². The van der Waals surface area contributed by atoms with Crippen LogP contribution in [-0.4, -0.2) is 49.4 Å². The summed E-state index contributed by atoms with van der Waals surface area (Å²) in [6, 6.07) is 7.19. The van der Waals surface area contributed by atoms with Gasteiger partial charge in [-0.15, -0.1) is 5.10 Å². The van der Waals surface area contributed by atoms with E-state index in [-0.39, 0.29) is 41.4 Å². The lowest BCUT2D eigenvalue weighted by atomic mass is 9.74. The van der Waals surface area contributed by atoms with Gasteiger partial charge in [-0.2, -0.15) is 5.26 Å². The Morgan fingerprint density at radius 3 is 2.81 bits per heavy atom. The Morgan fingerprint density at radius 1 is 1.30 bits per heavy atom. The van der Waals surface area contributed by atoms with Gasteiger partial charge in [-0.3, -0.25) is 19.5 Å². The summed E-state index contributed by atoms with van der Waals surface area (Å²) in [4.78, 5) is 36.2. The maximum absolute atomic E-state index is 12.8. The molecular weight excluding hydrogens is 492 g/mol. The topological polar surface area (TPSA) is 130 Å². The number of anilines is 1. The zero-order chi connectivity index (χ0) is 25.8. The van der Waals surface area contributed by atoms with Crippen LogP contribution in [0.3, 0.4) is 0 Å². The van der Waals surface area contributed by atoms with E-state index in [1.807, 2.05) is 19.9 Å². The van der Waals surface area contributed by atoms with Crippen molar-refractivity contribution in [1.82, 2.24) is 30.3 Å². The molecule has 0 radical (unpaired) electrons. The molecule has 3 fully saturated rings. The van der Waals surface area contributed by atoms with Crippen LogP contribution in [-0.2, 0) is 4.79 Å². The third-order valence-corrected chi connectivity index (χ3v) is 7.97. The first-order chi connectivity index (χ1) is 17.8. The summed E-state index contributed by atoms with van der Waals surface area (Å²) < 4.78 is 1.59. The molecule has 3 heterocycles. The molecule has 2 aliphatic carbocycles. The highest BCUT2D eigenvalue weighted by Gasteiger charge is 2.53. The molecule has 6 rings (SSSR count). The van der Waals surface area contributed by atoms with E-state index in [1.165, 1.54) is 0 Å². The molecule has 1 saturated heterocycles. The van der Waals surface area contributed by atoms with Gasteiger partial charge < -0.3 is 5.32 Å². The number of nitriles is 1. The molecule has 10 nitrogen and oxygen atoms in total. The van der Waals surface area contributed by atoms with E-state index in [2.05, 4.69) is 31.7 Å². The highest BCUT2D eigenvalue weighted by atomic mass is 35.5. The number of hydrogen-bond acceptors (Lipinski definition) is 7. The molecule has 1 aliphatic heterocycles. The molecule has 3 aliphatic rings. The van der Waals surface area contributed by atoms with E-state index in [0.29, 0.717) is 33.7 Å². The van der Waals surface area contributed by atoms with Gasteiger partial charge in [-0.25, -0.2) is 9.67 Å². The average molecular weight is 517 g/mol. The minimum atomic E-state index is -0.294. The van der Waals surface area contributed by atoms with Crippen molar-refractivity contribution in [3.8, 4) is 6.07 Å². The van der Waals surface area contributed by atoms with Crippen LogP contribution in [0.2, 0.25) is 5.02 Å². The number of piperidine rings is 1. The van der Waals surface area contributed by atoms with Gasteiger partial charge in [0.25, 0.3) is 5.91 Å². The summed E-state index contributed by atoms with van der Waals surface area (Å²) >= 11 is 6.11. The molecule has 37 heavy (non-hydrogen) atoms. The molecule has 3 aromatic rings. The monoisotopic (exact) mass is 516 g/mol. The molecule has 2 aromatic heterocycles. The van der Waals surface area contributed by atoms with Crippen LogP contribution in [0.25, 0.3) is 0 Å². The van der Waals surface area contributed by atoms with Crippen molar-refractivity contribution in [3.63, 3.8) is 0 Å². The molecule has 11 heteroatoms. The number of benzene rings is 1. The minimum Gasteiger partial charge on any atom is -0.348 e. The molecular formula is C26H25ClN8O2. The summed E-state index contributed by atoms with van der Waals surface area (Å²) in [7, 11) is 0. The Hall–Kier alpha value is -3.84. The van der Waals surface area contributed by atoms with E-state index in [4.69, 9.17) is 11.6 Å². The van der Waals surface area contributed by atoms with E-state index in [0.717, 1.165) is 31.4 Å². The van der Waals surface area contributed by atoms with Crippen molar-refractivity contribution < 1.29 is 9.59 Å². The molecule has 1 N–H and O–H groups in total. The number of aromatic nitrogens is 5. The number of fused-ring (bicyclic) bond motifs is 1. The minimum absolute atomic E-state index is 0.00834. The summed E-state index contributed by atoms with van der Waals surface area (Å²) in [5.41, 5.74) is 3.13. The fraction of sp³-hybridized carbons (Fsp3) is 0.423. The van der Waals surface area contributed by atoms with E-state index < -0.39 is 0 Å². The summed E-state index contributed by atoms with van der Waals surface area (Å²) in [5.74, 6) is 1.27. The van der Waals surface area contributed by atoms with E-state index >= 15 is 0 Å².